The molecule has 1 amide bonds. The van der Waals surface area contributed by atoms with Crippen molar-refractivity contribution in [3.05, 3.63) is 23.5 Å². The van der Waals surface area contributed by atoms with Gasteiger partial charge in [0.25, 0.3) is 11.9 Å². The molecule has 0 radical (unpaired) electrons. The number of amides is 1. The number of rotatable bonds is 1. The van der Waals surface area contributed by atoms with Gasteiger partial charge in [-0.25, -0.2) is 0 Å². The fourth-order valence-electron chi connectivity index (χ4n) is 1.58. The van der Waals surface area contributed by atoms with Gasteiger partial charge in [-0.1, -0.05) is 0 Å². The molecule has 0 spiro atoms. The average molecular weight is 249 g/mol. The van der Waals surface area contributed by atoms with Gasteiger partial charge < -0.3 is 10.2 Å². The lowest BCUT2D eigenvalue weighted by atomic mass is 10.2. The molecule has 4 nitrogen and oxygen atoms in total. The standard InChI is InChI=1S/C9H7F4N3O/c10-5-7(6(11)9(13)15-8(5)12)16-2-1-14-4(17)3-16/h1-3H2,(H,14,17). The molecule has 1 fully saturated rings. The van der Waals surface area contributed by atoms with Gasteiger partial charge in [-0.05, 0) is 0 Å². The zero-order valence-corrected chi connectivity index (χ0v) is 8.44. The number of nitrogens with zero attached hydrogens (tertiary/aromatic N) is 2. The summed E-state index contributed by atoms with van der Waals surface area (Å²) in [4.78, 5) is 14.4. The first kappa shape index (κ1) is 11.6. The first-order valence-corrected chi connectivity index (χ1v) is 4.72. The van der Waals surface area contributed by atoms with Crippen LogP contribution < -0.4 is 10.2 Å². The monoisotopic (exact) mass is 249 g/mol. The molecule has 0 saturated carbocycles. The number of hydrogen-bond acceptors (Lipinski definition) is 3. The second-order valence-electron chi connectivity index (χ2n) is 3.44. The van der Waals surface area contributed by atoms with E-state index in [1.54, 1.807) is 0 Å². The number of piperazine rings is 1. The number of halogens is 4. The van der Waals surface area contributed by atoms with E-state index in [9.17, 15) is 22.4 Å². The van der Waals surface area contributed by atoms with Crippen LogP contribution in [0.4, 0.5) is 23.2 Å². The van der Waals surface area contributed by atoms with Crippen LogP contribution in [-0.4, -0.2) is 30.5 Å². The molecule has 8 heteroatoms. The third-order valence-electron chi connectivity index (χ3n) is 2.33. The molecule has 1 aliphatic heterocycles. The third kappa shape index (κ3) is 2.02. The predicted octanol–water partition coefficient (Wildman–Crippen LogP) is 0.574. The fourth-order valence-corrected chi connectivity index (χ4v) is 1.58. The molecular weight excluding hydrogens is 242 g/mol. The lowest BCUT2D eigenvalue weighted by Crippen LogP contribution is -2.48. The van der Waals surface area contributed by atoms with Crippen molar-refractivity contribution in [2.75, 3.05) is 24.5 Å². The summed E-state index contributed by atoms with van der Waals surface area (Å²) in [5, 5.41) is 2.42. The Morgan fingerprint density at radius 1 is 1.12 bits per heavy atom. The molecule has 17 heavy (non-hydrogen) atoms. The minimum atomic E-state index is -1.73. The maximum atomic E-state index is 13.3. The highest BCUT2D eigenvalue weighted by atomic mass is 19.2. The summed E-state index contributed by atoms with van der Waals surface area (Å²) >= 11 is 0. The summed E-state index contributed by atoms with van der Waals surface area (Å²) in [5.74, 6) is -7.14. The van der Waals surface area contributed by atoms with Crippen molar-refractivity contribution in [3.8, 4) is 0 Å². The molecular formula is C9H7F4N3O. The van der Waals surface area contributed by atoms with Crippen LogP contribution in [-0.2, 0) is 4.79 Å². The Balaban J connectivity index is 2.46. The zero-order chi connectivity index (χ0) is 12.6. The summed E-state index contributed by atoms with van der Waals surface area (Å²) in [6.07, 6.45) is 0. The summed E-state index contributed by atoms with van der Waals surface area (Å²) in [7, 11) is 0. The minimum absolute atomic E-state index is 0.0580. The Morgan fingerprint density at radius 2 is 1.71 bits per heavy atom. The Morgan fingerprint density at radius 3 is 2.24 bits per heavy atom. The highest BCUT2D eigenvalue weighted by molar-refractivity contribution is 5.82. The Labute approximate surface area is 93.2 Å². The SMILES string of the molecule is O=C1CN(c2c(F)c(F)nc(F)c2F)CCN1. The summed E-state index contributed by atoms with van der Waals surface area (Å²) < 4.78 is 52.4. The number of hydrogen-bond donors (Lipinski definition) is 1. The molecule has 0 aromatic carbocycles. The van der Waals surface area contributed by atoms with E-state index in [1.165, 1.54) is 0 Å². The molecule has 1 aromatic rings. The van der Waals surface area contributed by atoms with E-state index in [2.05, 4.69) is 10.3 Å². The van der Waals surface area contributed by atoms with Gasteiger partial charge in [-0.3, -0.25) is 4.79 Å². The maximum absolute atomic E-state index is 13.3. The largest absolute Gasteiger partial charge is 0.355 e. The van der Waals surface area contributed by atoms with E-state index in [0.717, 1.165) is 4.90 Å². The number of aromatic nitrogens is 1. The van der Waals surface area contributed by atoms with Crippen LogP contribution in [0.5, 0.6) is 0 Å². The summed E-state index contributed by atoms with van der Waals surface area (Å²) in [6.45, 7) is -0.164. The lowest BCUT2D eigenvalue weighted by Gasteiger charge is -2.28. The van der Waals surface area contributed by atoms with Crippen LogP contribution >= 0.6 is 0 Å². The van der Waals surface area contributed by atoms with Crippen molar-refractivity contribution in [3.63, 3.8) is 0 Å². The van der Waals surface area contributed by atoms with Crippen LogP contribution in [0, 0.1) is 23.5 Å². The molecule has 2 heterocycles. The van der Waals surface area contributed by atoms with E-state index in [4.69, 9.17) is 0 Å². The van der Waals surface area contributed by atoms with E-state index in [-0.39, 0.29) is 19.6 Å². The molecule has 1 saturated heterocycles. The van der Waals surface area contributed by atoms with Gasteiger partial charge in [0.15, 0.2) is 0 Å². The third-order valence-corrected chi connectivity index (χ3v) is 2.33. The van der Waals surface area contributed by atoms with Crippen molar-refractivity contribution >= 4 is 11.6 Å². The van der Waals surface area contributed by atoms with Gasteiger partial charge in [-0.15, -0.1) is 0 Å². The number of nitrogens with one attached hydrogen (secondary N) is 1. The number of carbonyl (C=O) groups excluding carboxylic acids is 1. The van der Waals surface area contributed by atoms with Crippen molar-refractivity contribution < 1.29 is 22.4 Å². The van der Waals surface area contributed by atoms with Crippen molar-refractivity contribution in [1.29, 1.82) is 0 Å². The molecule has 1 aliphatic rings. The molecule has 1 aromatic heterocycles. The molecule has 0 unspecified atom stereocenters. The van der Waals surface area contributed by atoms with Crippen molar-refractivity contribution in [2.24, 2.45) is 0 Å². The van der Waals surface area contributed by atoms with Crippen LogP contribution in [0.25, 0.3) is 0 Å². The average Bonchev–Trinajstić information content (AvgIpc) is 2.27. The van der Waals surface area contributed by atoms with E-state index < -0.39 is 35.1 Å². The smallest absolute Gasteiger partial charge is 0.253 e. The van der Waals surface area contributed by atoms with Gasteiger partial charge >= 0.3 is 0 Å². The van der Waals surface area contributed by atoms with E-state index in [0.29, 0.717) is 0 Å². The van der Waals surface area contributed by atoms with Crippen molar-refractivity contribution in [2.45, 2.75) is 0 Å². The van der Waals surface area contributed by atoms with E-state index in [1.807, 2.05) is 0 Å². The van der Waals surface area contributed by atoms with Gasteiger partial charge in [0, 0.05) is 13.1 Å². The van der Waals surface area contributed by atoms with Crippen LogP contribution in [0.3, 0.4) is 0 Å². The Hall–Kier alpha value is -1.86. The fraction of sp³-hybridized carbons (Fsp3) is 0.333. The highest BCUT2D eigenvalue weighted by Crippen LogP contribution is 2.26. The number of pyridine rings is 1. The predicted molar refractivity (Wildman–Crippen MR) is 49.3 cm³/mol. The molecule has 92 valence electrons. The van der Waals surface area contributed by atoms with Gasteiger partial charge in [0.2, 0.25) is 17.5 Å². The maximum Gasteiger partial charge on any atom is 0.253 e. The molecule has 1 N–H and O–H groups in total. The Bertz CT molecular complexity index is 454. The second-order valence-corrected chi connectivity index (χ2v) is 3.44. The molecule has 2 rings (SSSR count). The zero-order valence-electron chi connectivity index (χ0n) is 8.44. The van der Waals surface area contributed by atoms with E-state index >= 15 is 0 Å². The topological polar surface area (TPSA) is 45.2 Å². The number of anilines is 1. The minimum Gasteiger partial charge on any atom is -0.355 e. The van der Waals surface area contributed by atoms with Crippen LogP contribution in [0.1, 0.15) is 0 Å². The molecule has 0 bridgehead atoms. The van der Waals surface area contributed by atoms with Gasteiger partial charge in [-0.2, -0.15) is 22.5 Å². The number of carbonyl (C=O) groups is 1. The Kier molecular flexibility index (Phi) is 2.86. The quantitative estimate of drug-likeness (QED) is 0.584. The lowest BCUT2D eigenvalue weighted by molar-refractivity contribution is -0.120. The summed E-state index contributed by atoms with van der Waals surface area (Å²) in [5.41, 5.74) is -0.898. The van der Waals surface area contributed by atoms with Crippen molar-refractivity contribution in [1.82, 2.24) is 10.3 Å². The normalized spacial score (nSPS) is 16.0. The molecule has 0 aliphatic carbocycles. The highest BCUT2D eigenvalue weighted by Gasteiger charge is 2.28. The second kappa shape index (κ2) is 4.19. The van der Waals surface area contributed by atoms with Gasteiger partial charge in [0.05, 0.1) is 6.54 Å². The first-order chi connectivity index (χ1) is 8.00. The first-order valence-electron chi connectivity index (χ1n) is 4.72. The van der Waals surface area contributed by atoms with Crippen LogP contribution in [0.15, 0.2) is 0 Å². The van der Waals surface area contributed by atoms with Gasteiger partial charge in [0.1, 0.15) is 5.69 Å². The molecule has 0 atom stereocenters. The van der Waals surface area contributed by atoms with Crippen LogP contribution in [0.2, 0.25) is 0 Å². The summed E-state index contributed by atoms with van der Waals surface area (Å²) in [6, 6.07) is 0.